The van der Waals surface area contributed by atoms with E-state index in [4.69, 9.17) is 20.8 Å². The number of ether oxygens (including phenoxy) is 2. The lowest BCUT2D eigenvalue weighted by molar-refractivity contribution is -0.143. The van der Waals surface area contributed by atoms with E-state index in [0.717, 1.165) is 16.7 Å². The summed E-state index contributed by atoms with van der Waals surface area (Å²) < 4.78 is 15.4. The minimum absolute atomic E-state index is 0.208. The first-order chi connectivity index (χ1) is 12.2. The maximum Gasteiger partial charge on any atom is 0.343 e. The normalized spacial score (nSPS) is 10.8. The summed E-state index contributed by atoms with van der Waals surface area (Å²) in [6.45, 7) is 0.867. The third kappa shape index (κ3) is 4.49. The van der Waals surface area contributed by atoms with Gasteiger partial charge in [-0.15, -0.1) is 0 Å². The Morgan fingerprint density at radius 3 is 2.92 bits per heavy atom. The number of nitrogens with one attached hydrogen (secondary N) is 1. The predicted octanol–water partition coefficient (Wildman–Crippen LogP) is 3.32. The highest BCUT2D eigenvalue weighted by Crippen LogP contribution is 2.25. The number of pyridine rings is 1. The van der Waals surface area contributed by atoms with Crippen LogP contribution < -0.4 is 10.1 Å². The molecule has 0 aliphatic heterocycles. The first-order valence-electron chi connectivity index (χ1n) is 7.67. The maximum absolute atomic E-state index is 11.4. The van der Waals surface area contributed by atoms with Gasteiger partial charge in [-0.05, 0) is 30.3 Å². The minimum Gasteiger partial charge on any atom is -0.468 e. The van der Waals surface area contributed by atoms with Crippen LogP contribution in [-0.2, 0) is 22.6 Å². The fraction of sp³-hybridized carbons (Fsp3) is 0.222. The molecule has 1 aromatic carbocycles. The standard InChI is InChI=1S/C18H17ClN2O4/c1-23-17(22)11-25-18-13(9-20-10-15-3-2-6-24-15)7-12-4-5-14(19)8-16(12)21-18/h2-8,20H,9-11H2,1H3. The molecule has 7 heteroatoms. The van der Waals surface area contributed by atoms with E-state index in [9.17, 15) is 4.79 Å². The number of nitrogens with zero attached hydrogens (tertiary/aromatic N) is 1. The van der Waals surface area contributed by atoms with Gasteiger partial charge in [0.25, 0.3) is 0 Å². The van der Waals surface area contributed by atoms with Crippen LogP contribution in [0.2, 0.25) is 5.02 Å². The van der Waals surface area contributed by atoms with E-state index in [-0.39, 0.29) is 6.61 Å². The van der Waals surface area contributed by atoms with Crippen molar-refractivity contribution in [1.82, 2.24) is 10.3 Å². The number of furan rings is 1. The number of aromatic nitrogens is 1. The van der Waals surface area contributed by atoms with Crippen LogP contribution in [0.1, 0.15) is 11.3 Å². The molecule has 1 N–H and O–H groups in total. The van der Waals surface area contributed by atoms with Gasteiger partial charge in [-0.25, -0.2) is 9.78 Å². The van der Waals surface area contributed by atoms with Crippen LogP contribution >= 0.6 is 11.6 Å². The van der Waals surface area contributed by atoms with Gasteiger partial charge in [-0.2, -0.15) is 0 Å². The molecule has 0 radical (unpaired) electrons. The number of esters is 1. The Balaban J connectivity index is 1.81. The van der Waals surface area contributed by atoms with Gasteiger partial charge in [0.15, 0.2) is 6.61 Å². The summed E-state index contributed by atoms with van der Waals surface area (Å²) in [7, 11) is 1.31. The summed E-state index contributed by atoms with van der Waals surface area (Å²) in [5.41, 5.74) is 1.52. The van der Waals surface area contributed by atoms with Crippen LogP contribution in [0, 0.1) is 0 Å². The van der Waals surface area contributed by atoms with Crippen molar-refractivity contribution in [3.05, 3.63) is 59.0 Å². The molecule has 0 fully saturated rings. The Morgan fingerprint density at radius 1 is 1.28 bits per heavy atom. The second-order valence-electron chi connectivity index (χ2n) is 5.34. The third-order valence-electron chi connectivity index (χ3n) is 3.57. The molecule has 0 atom stereocenters. The Labute approximate surface area is 149 Å². The zero-order valence-corrected chi connectivity index (χ0v) is 14.4. The number of hydrogen-bond acceptors (Lipinski definition) is 6. The topological polar surface area (TPSA) is 73.6 Å². The first-order valence-corrected chi connectivity index (χ1v) is 8.05. The van der Waals surface area contributed by atoms with Crippen molar-refractivity contribution in [2.45, 2.75) is 13.1 Å². The molecule has 3 aromatic rings. The molecule has 2 aromatic heterocycles. The van der Waals surface area contributed by atoms with Crippen molar-refractivity contribution in [2.75, 3.05) is 13.7 Å². The predicted molar refractivity (Wildman–Crippen MR) is 93.5 cm³/mol. The summed E-state index contributed by atoms with van der Waals surface area (Å²) in [5, 5.41) is 4.79. The number of methoxy groups -OCH3 is 1. The number of carbonyl (C=O) groups excluding carboxylic acids is 1. The van der Waals surface area contributed by atoms with Crippen LogP contribution in [0.15, 0.2) is 47.1 Å². The second kappa shape index (κ2) is 8.00. The smallest absolute Gasteiger partial charge is 0.343 e. The molecule has 0 spiro atoms. The third-order valence-corrected chi connectivity index (χ3v) is 3.80. The van der Waals surface area contributed by atoms with Gasteiger partial charge in [0.1, 0.15) is 5.76 Å². The summed E-state index contributed by atoms with van der Waals surface area (Å²) >= 11 is 6.02. The Bertz CT molecular complexity index is 865. The molecule has 0 unspecified atom stereocenters. The average molecular weight is 361 g/mol. The number of carbonyl (C=O) groups is 1. The van der Waals surface area contributed by atoms with Gasteiger partial charge < -0.3 is 19.2 Å². The van der Waals surface area contributed by atoms with Crippen molar-refractivity contribution in [3.63, 3.8) is 0 Å². The lowest BCUT2D eigenvalue weighted by Gasteiger charge is -2.12. The summed E-state index contributed by atoms with van der Waals surface area (Å²) in [6.07, 6.45) is 1.63. The first kappa shape index (κ1) is 17.3. The number of fused-ring (bicyclic) bond motifs is 1. The highest BCUT2D eigenvalue weighted by atomic mass is 35.5. The van der Waals surface area contributed by atoms with Gasteiger partial charge in [-0.1, -0.05) is 17.7 Å². The molecular weight excluding hydrogens is 344 g/mol. The average Bonchev–Trinajstić information content (AvgIpc) is 3.13. The van der Waals surface area contributed by atoms with Crippen LogP contribution in [0.4, 0.5) is 0 Å². The number of benzene rings is 1. The van der Waals surface area contributed by atoms with E-state index in [2.05, 4.69) is 15.0 Å². The Hall–Kier alpha value is -2.57. The van der Waals surface area contributed by atoms with E-state index in [1.807, 2.05) is 24.3 Å². The molecule has 0 amide bonds. The molecular formula is C18H17ClN2O4. The zero-order valence-electron chi connectivity index (χ0n) is 13.6. The fourth-order valence-electron chi connectivity index (χ4n) is 2.34. The van der Waals surface area contributed by atoms with E-state index >= 15 is 0 Å². The van der Waals surface area contributed by atoms with E-state index in [1.165, 1.54) is 7.11 Å². The molecule has 6 nitrogen and oxygen atoms in total. The molecule has 0 saturated carbocycles. The molecule has 130 valence electrons. The van der Waals surface area contributed by atoms with E-state index in [0.29, 0.717) is 29.5 Å². The Kier molecular flexibility index (Phi) is 5.53. The maximum atomic E-state index is 11.4. The Morgan fingerprint density at radius 2 is 2.16 bits per heavy atom. The fourth-order valence-corrected chi connectivity index (χ4v) is 2.50. The van der Waals surface area contributed by atoms with Gasteiger partial charge >= 0.3 is 5.97 Å². The number of rotatable bonds is 7. The van der Waals surface area contributed by atoms with E-state index in [1.54, 1.807) is 18.4 Å². The highest BCUT2D eigenvalue weighted by Gasteiger charge is 2.11. The largest absolute Gasteiger partial charge is 0.468 e. The SMILES string of the molecule is COC(=O)COc1nc2cc(Cl)ccc2cc1CNCc1ccco1. The van der Waals surface area contributed by atoms with Gasteiger partial charge in [0, 0.05) is 22.5 Å². The lowest BCUT2D eigenvalue weighted by Crippen LogP contribution is -2.17. The molecule has 0 bridgehead atoms. The highest BCUT2D eigenvalue weighted by molar-refractivity contribution is 6.31. The zero-order chi connectivity index (χ0) is 17.6. The molecule has 0 aliphatic carbocycles. The van der Waals surface area contributed by atoms with Crippen LogP contribution in [-0.4, -0.2) is 24.7 Å². The van der Waals surface area contributed by atoms with Gasteiger partial charge in [0.2, 0.25) is 5.88 Å². The quantitative estimate of drug-likeness (QED) is 0.651. The van der Waals surface area contributed by atoms with Gasteiger partial charge in [-0.3, -0.25) is 0 Å². The number of halogens is 1. The van der Waals surface area contributed by atoms with Crippen LogP contribution in [0.5, 0.6) is 5.88 Å². The summed E-state index contributed by atoms with van der Waals surface area (Å²) in [5.74, 6) is 0.729. The number of hydrogen-bond donors (Lipinski definition) is 1. The van der Waals surface area contributed by atoms with Crippen molar-refractivity contribution in [2.24, 2.45) is 0 Å². The van der Waals surface area contributed by atoms with Crippen molar-refractivity contribution in [3.8, 4) is 5.88 Å². The van der Waals surface area contributed by atoms with Crippen LogP contribution in [0.3, 0.4) is 0 Å². The molecule has 25 heavy (non-hydrogen) atoms. The van der Waals surface area contributed by atoms with E-state index < -0.39 is 5.97 Å². The van der Waals surface area contributed by atoms with Crippen molar-refractivity contribution >= 4 is 28.5 Å². The monoisotopic (exact) mass is 360 g/mol. The molecule has 0 aliphatic rings. The van der Waals surface area contributed by atoms with Crippen molar-refractivity contribution < 1.29 is 18.7 Å². The minimum atomic E-state index is -0.470. The second-order valence-corrected chi connectivity index (χ2v) is 5.77. The van der Waals surface area contributed by atoms with Gasteiger partial charge in [0.05, 0.1) is 25.4 Å². The molecule has 3 rings (SSSR count). The van der Waals surface area contributed by atoms with Crippen molar-refractivity contribution in [1.29, 1.82) is 0 Å². The lowest BCUT2D eigenvalue weighted by atomic mass is 10.1. The molecule has 0 saturated heterocycles. The summed E-state index contributed by atoms with van der Waals surface area (Å²) in [6, 6.07) is 11.1. The molecule has 2 heterocycles. The van der Waals surface area contributed by atoms with Crippen LogP contribution in [0.25, 0.3) is 10.9 Å². The summed E-state index contributed by atoms with van der Waals surface area (Å²) in [4.78, 5) is 15.8.